The Balaban J connectivity index is 1.39. The summed E-state index contributed by atoms with van der Waals surface area (Å²) >= 11 is 18.3. The lowest BCUT2D eigenvalue weighted by molar-refractivity contribution is -0.116. The molecule has 0 spiro atoms. The summed E-state index contributed by atoms with van der Waals surface area (Å²) in [4.78, 5) is 24.9. The van der Waals surface area contributed by atoms with Gasteiger partial charge in [0.25, 0.3) is 5.91 Å². The lowest BCUT2D eigenvalue weighted by Crippen LogP contribution is -2.33. The number of nitrogens with one attached hydrogen (secondary N) is 2. The van der Waals surface area contributed by atoms with E-state index in [1.165, 1.54) is 81.9 Å². The van der Waals surface area contributed by atoms with Crippen molar-refractivity contribution in [1.29, 1.82) is 0 Å². The number of rotatable bonds is 13. The van der Waals surface area contributed by atoms with Crippen LogP contribution < -0.4 is 15.6 Å². The van der Waals surface area contributed by atoms with Crippen molar-refractivity contribution in [2.45, 2.75) is 84.0 Å². The van der Waals surface area contributed by atoms with Gasteiger partial charge in [0.1, 0.15) is 11.5 Å². The van der Waals surface area contributed by atoms with Crippen LogP contribution in [0, 0.1) is 0 Å². The number of amides is 3. The van der Waals surface area contributed by atoms with E-state index in [1.807, 2.05) is 24.3 Å². The van der Waals surface area contributed by atoms with E-state index < -0.39 is 6.03 Å². The molecule has 0 aliphatic carbocycles. The second kappa shape index (κ2) is 15.2. The zero-order chi connectivity index (χ0) is 26.6. The fourth-order valence-corrected chi connectivity index (χ4v) is 5.25. The number of benzene rings is 2. The molecule has 0 aromatic heterocycles. The number of aryl methyl sites for hydroxylation is 1. The van der Waals surface area contributed by atoms with E-state index in [1.54, 1.807) is 0 Å². The third-order valence-corrected chi connectivity index (χ3v) is 7.05. The average molecular weight is 566 g/mol. The van der Waals surface area contributed by atoms with Gasteiger partial charge in [-0.3, -0.25) is 10.1 Å². The van der Waals surface area contributed by atoms with Gasteiger partial charge in [-0.1, -0.05) is 112 Å². The molecule has 3 rings (SSSR count). The standard InChI is InChI=1S/C28H35Cl3N4O2/c1-2-3-4-5-6-7-8-9-10-11-12-20-13-15-22(16-14-20)32-28(37)33-25-19-26(36)35(34-25)27-23(30)17-21(29)18-24(27)31/h13-18H,2-12,19H2,1H3,(H2,32,33,34,37). The average Bonchev–Trinajstić information content (AvgIpc) is 3.19. The minimum Gasteiger partial charge on any atom is -0.308 e. The summed E-state index contributed by atoms with van der Waals surface area (Å²) < 4.78 is 0. The Bertz CT molecular complexity index is 1070. The fourth-order valence-electron chi connectivity index (χ4n) is 4.28. The second-order valence-corrected chi connectivity index (χ2v) is 10.6. The van der Waals surface area contributed by atoms with Crippen LogP contribution in [0.4, 0.5) is 16.2 Å². The van der Waals surface area contributed by atoms with E-state index in [9.17, 15) is 9.59 Å². The molecule has 9 heteroatoms. The highest BCUT2D eigenvalue weighted by atomic mass is 35.5. The molecule has 2 aromatic rings. The Morgan fingerprint density at radius 3 is 2.03 bits per heavy atom. The van der Waals surface area contributed by atoms with Crippen molar-refractivity contribution < 1.29 is 9.59 Å². The lowest BCUT2D eigenvalue weighted by Gasteiger charge is -2.15. The quantitative estimate of drug-likeness (QED) is 0.238. The molecule has 0 bridgehead atoms. The maximum absolute atomic E-state index is 12.5. The Morgan fingerprint density at radius 2 is 1.43 bits per heavy atom. The van der Waals surface area contributed by atoms with Gasteiger partial charge in [-0.15, -0.1) is 0 Å². The number of hydrogen-bond acceptors (Lipinski definition) is 3. The van der Waals surface area contributed by atoms with Crippen molar-refractivity contribution in [3.8, 4) is 0 Å². The number of urea groups is 1. The third kappa shape index (κ3) is 9.51. The van der Waals surface area contributed by atoms with Crippen LogP contribution >= 0.6 is 34.8 Å². The molecule has 0 fully saturated rings. The zero-order valence-electron chi connectivity index (χ0n) is 21.3. The van der Waals surface area contributed by atoms with Crippen molar-refractivity contribution in [3.63, 3.8) is 0 Å². The van der Waals surface area contributed by atoms with Gasteiger partial charge in [0.2, 0.25) is 0 Å². The smallest absolute Gasteiger partial charge is 0.308 e. The molecular formula is C28H35Cl3N4O2. The summed E-state index contributed by atoms with van der Waals surface area (Å²) in [6.07, 6.45) is 14.2. The van der Waals surface area contributed by atoms with E-state index in [2.05, 4.69) is 22.7 Å². The number of carbonyl (C=O) groups excluding carboxylic acids is 2. The largest absolute Gasteiger partial charge is 0.324 e. The van der Waals surface area contributed by atoms with Crippen LogP contribution in [0.3, 0.4) is 0 Å². The minimum absolute atomic E-state index is 0.0828. The van der Waals surface area contributed by atoms with Gasteiger partial charge in [0.05, 0.1) is 16.5 Å². The summed E-state index contributed by atoms with van der Waals surface area (Å²) in [6.45, 7) is 2.25. The predicted molar refractivity (Wildman–Crippen MR) is 155 cm³/mol. The SMILES string of the molecule is CCCCCCCCCCCCc1ccc(NC(=O)NC2=NN(c3c(Cl)cc(Cl)cc3Cl)C(=O)C2)cc1. The van der Waals surface area contributed by atoms with Crippen LogP contribution in [-0.2, 0) is 11.2 Å². The number of unbranched alkanes of at least 4 members (excludes halogenated alkanes) is 9. The molecule has 200 valence electrons. The van der Waals surface area contributed by atoms with Crippen LogP contribution in [0.2, 0.25) is 15.1 Å². The van der Waals surface area contributed by atoms with Gasteiger partial charge in [0.15, 0.2) is 0 Å². The molecule has 2 N–H and O–H groups in total. The summed E-state index contributed by atoms with van der Waals surface area (Å²) in [7, 11) is 0. The molecule has 0 radical (unpaired) electrons. The highest BCUT2D eigenvalue weighted by Crippen LogP contribution is 2.38. The minimum atomic E-state index is -0.482. The van der Waals surface area contributed by atoms with Crippen molar-refractivity contribution in [2.75, 3.05) is 10.3 Å². The monoisotopic (exact) mass is 564 g/mol. The number of hydrazone groups is 1. The summed E-state index contributed by atoms with van der Waals surface area (Å²) in [5.74, 6) is -0.167. The molecule has 6 nitrogen and oxygen atoms in total. The predicted octanol–water partition coefficient (Wildman–Crippen LogP) is 8.98. The maximum atomic E-state index is 12.5. The number of hydrogen-bond donors (Lipinski definition) is 2. The molecule has 0 atom stereocenters. The first-order valence-electron chi connectivity index (χ1n) is 13.1. The molecule has 0 saturated carbocycles. The van der Waals surface area contributed by atoms with Crippen LogP contribution in [0.1, 0.15) is 83.1 Å². The number of amidine groups is 1. The number of nitrogens with zero attached hydrogens (tertiary/aromatic N) is 2. The maximum Gasteiger partial charge on any atom is 0.324 e. The molecule has 0 saturated heterocycles. The van der Waals surface area contributed by atoms with E-state index in [4.69, 9.17) is 34.8 Å². The fraction of sp³-hybridized carbons (Fsp3) is 0.464. The van der Waals surface area contributed by atoms with E-state index in [0.29, 0.717) is 10.7 Å². The Kier molecular flexibility index (Phi) is 12.0. The van der Waals surface area contributed by atoms with Crippen molar-refractivity contribution in [1.82, 2.24) is 5.32 Å². The number of anilines is 2. The Morgan fingerprint density at radius 1 is 0.865 bits per heavy atom. The normalized spacial score (nSPS) is 13.1. The van der Waals surface area contributed by atoms with Gasteiger partial charge >= 0.3 is 6.03 Å². The van der Waals surface area contributed by atoms with Crippen LogP contribution in [0.25, 0.3) is 0 Å². The first kappa shape index (κ1) is 29.3. The van der Waals surface area contributed by atoms with Crippen molar-refractivity contribution >= 4 is 64.0 Å². The van der Waals surface area contributed by atoms with Gasteiger partial charge in [-0.05, 0) is 42.7 Å². The molecule has 1 heterocycles. The molecule has 37 heavy (non-hydrogen) atoms. The highest BCUT2D eigenvalue weighted by Gasteiger charge is 2.29. The Labute approximate surface area is 234 Å². The van der Waals surface area contributed by atoms with Gasteiger partial charge in [-0.2, -0.15) is 10.1 Å². The van der Waals surface area contributed by atoms with Crippen LogP contribution in [0.5, 0.6) is 0 Å². The van der Waals surface area contributed by atoms with E-state index >= 15 is 0 Å². The topological polar surface area (TPSA) is 73.8 Å². The molecule has 1 aliphatic heterocycles. The number of carbonyl (C=O) groups is 2. The van der Waals surface area contributed by atoms with E-state index in [0.717, 1.165) is 11.4 Å². The molecular weight excluding hydrogens is 531 g/mol. The van der Waals surface area contributed by atoms with Crippen molar-refractivity contribution in [2.24, 2.45) is 5.10 Å². The summed E-state index contributed by atoms with van der Waals surface area (Å²) in [5.41, 5.74) is 2.14. The van der Waals surface area contributed by atoms with Gasteiger partial charge < -0.3 is 5.32 Å². The number of halogens is 3. The second-order valence-electron chi connectivity index (χ2n) is 9.36. The molecule has 3 amide bonds. The Hall–Kier alpha value is -2.28. The lowest BCUT2D eigenvalue weighted by atomic mass is 10.0. The summed E-state index contributed by atoms with van der Waals surface area (Å²) in [5, 5.41) is 11.4. The zero-order valence-corrected chi connectivity index (χ0v) is 23.6. The first-order valence-corrected chi connectivity index (χ1v) is 14.2. The third-order valence-electron chi connectivity index (χ3n) is 6.26. The van der Waals surface area contributed by atoms with Gasteiger partial charge in [-0.25, -0.2) is 4.79 Å². The summed E-state index contributed by atoms with van der Waals surface area (Å²) in [6, 6.07) is 10.3. The van der Waals surface area contributed by atoms with Crippen LogP contribution in [0.15, 0.2) is 41.5 Å². The van der Waals surface area contributed by atoms with Gasteiger partial charge in [0, 0.05) is 10.7 Å². The molecule has 2 aromatic carbocycles. The first-order chi connectivity index (χ1) is 17.9. The highest BCUT2D eigenvalue weighted by molar-refractivity contribution is 6.42. The van der Waals surface area contributed by atoms with Crippen LogP contribution in [-0.4, -0.2) is 17.8 Å². The molecule has 0 unspecified atom stereocenters. The van der Waals surface area contributed by atoms with Crippen molar-refractivity contribution in [3.05, 3.63) is 57.0 Å². The molecule has 1 aliphatic rings. The van der Waals surface area contributed by atoms with E-state index in [-0.39, 0.29) is 33.9 Å².